The van der Waals surface area contributed by atoms with Crippen LogP contribution in [0.2, 0.25) is 0 Å². The van der Waals surface area contributed by atoms with Crippen molar-refractivity contribution in [1.82, 2.24) is 0 Å². The third-order valence-electron chi connectivity index (χ3n) is 3.75. The highest BCUT2D eigenvalue weighted by atomic mass is 16.7. The molecule has 18 heavy (non-hydrogen) atoms. The van der Waals surface area contributed by atoms with Gasteiger partial charge in [0.05, 0.1) is 12.2 Å². The van der Waals surface area contributed by atoms with Crippen LogP contribution in [0.1, 0.15) is 31.7 Å². The molecule has 0 aromatic heterocycles. The van der Waals surface area contributed by atoms with E-state index in [4.69, 9.17) is 15.2 Å². The van der Waals surface area contributed by atoms with Crippen molar-refractivity contribution in [2.75, 3.05) is 13.3 Å². The summed E-state index contributed by atoms with van der Waals surface area (Å²) in [5, 5.41) is 0. The Morgan fingerprint density at radius 2 is 2.11 bits per heavy atom. The minimum atomic E-state index is -0.143. The summed E-state index contributed by atoms with van der Waals surface area (Å²) >= 11 is 0. The third-order valence-corrected chi connectivity index (χ3v) is 3.75. The van der Waals surface area contributed by atoms with E-state index in [-0.39, 0.29) is 5.60 Å². The van der Waals surface area contributed by atoms with Crippen LogP contribution in [0.25, 0.3) is 0 Å². The molecule has 3 nitrogen and oxygen atoms in total. The van der Waals surface area contributed by atoms with Gasteiger partial charge in [0.1, 0.15) is 6.79 Å². The van der Waals surface area contributed by atoms with Crippen LogP contribution in [-0.4, -0.2) is 18.9 Å². The predicted molar refractivity (Wildman–Crippen MR) is 72.0 cm³/mol. The van der Waals surface area contributed by atoms with Gasteiger partial charge in [0.15, 0.2) is 0 Å². The van der Waals surface area contributed by atoms with Crippen LogP contribution in [0, 0.1) is 5.92 Å². The lowest BCUT2D eigenvalue weighted by molar-refractivity contribution is -0.141. The molecule has 1 saturated carbocycles. The number of nitrogens with two attached hydrogens (primary N) is 1. The van der Waals surface area contributed by atoms with E-state index in [1.807, 2.05) is 18.2 Å². The van der Waals surface area contributed by atoms with Gasteiger partial charge in [-0.1, -0.05) is 37.3 Å². The van der Waals surface area contributed by atoms with E-state index < -0.39 is 0 Å². The smallest absolute Gasteiger partial charge is 0.147 e. The van der Waals surface area contributed by atoms with Crippen LogP contribution in [-0.2, 0) is 16.1 Å². The summed E-state index contributed by atoms with van der Waals surface area (Å²) in [4.78, 5) is 0. The summed E-state index contributed by atoms with van der Waals surface area (Å²) in [7, 11) is 0. The first-order valence-electron chi connectivity index (χ1n) is 6.70. The zero-order chi connectivity index (χ0) is 12.8. The lowest BCUT2D eigenvalue weighted by atomic mass is 10.0. The minimum absolute atomic E-state index is 0.143. The van der Waals surface area contributed by atoms with Crippen molar-refractivity contribution < 1.29 is 9.47 Å². The molecule has 2 N–H and O–H groups in total. The summed E-state index contributed by atoms with van der Waals surface area (Å²) in [6.07, 6.45) is 3.31. The molecule has 2 atom stereocenters. The molecule has 0 spiro atoms. The lowest BCUT2D eigenvalue weighted by Crippen LogP contribution is -2.38. The van der Waals surface area contributed by atoms with Crippen LogP contribution in [0.3, 0.4) is 0 Å². The number of hydrogen-bond acceptors (Lipinski definition) is 3. The first kappa shape index (κ1) is 13.5. The summed E-state index contributed by atoms with van der Waals surface area (Å²) < 4.78 is 11.5. The fraction of sp³-hybridized carbons (Fsp3) is 0.600. The maximum atomic E-state index is 5.88. The second-order valence-electron chi connectivity index (χ2n) is 5.33. The normalized spacial score (nSPS) is 27.6. The molecule has 0 radical (unpaired) electrons. The summed E-state index contributed by atoms with van der Waals surface area (Å²) in [6.45, 7) is 3.77. The molecule has 3 heteroatoms. The van der Waals surface area contributed by atoms with E-state index in [0.29, 0.717) is 25.9 Å². The molecule has 2 rings (SSSR count). The maximum Gasteiger partial charge on any atom is 0.147 e. The van der Waals surface area contributed by atoms with Crippen LogP contribution in [0.15, 0.2) is 30.3 Å². The SMILES string of the molecule is CC1CCC(CN)(OCOCc2ccccc2)C1. The predicted octanol–water partition coefficient (Wildman–Crippen LogP) is 2.69. The van der Waals surface area contributed by atoms with Gasteiger partial charge in [-0.2, -0.15) is 0 Å². The Bertz CT molecular complexity index is 355. The van der Waals surface area contributed by atoms with Crippen molar-refractivity contribution in [3.8, 4) is 0 Å². The van der Waals surface area contributed by atoms with Gasteiger partial charge >= 0.3 is 0 Å². The van der Waals surface area contributed by atoms with Crippen molar-refractivity contribution in [3.63, 3.8) is 0 Å². The number of hydrogen-bond donors (Lipinski definition) is 1. The van der Waals surface area contributed by atoms with Gasteiger partial charge in [0.25, 0.3) is 0 Å². The van der Waals surface area contributed by atoms with Crippen molar-refractivity contribution in [3.05, 3.63) is 35.9 Å². The molecule has 1 aliphatic carbocycles. The van der Waals surface area contributed by atoms with Gasteiger partial charge in [-0.3, -0.25) is 0 Å². The Morgan fingerprint density at radius 3 is 2.72 bits per heavy atom. The van der Waals surface area contributed by atoms with Crippen molar-refractivity contribution in [2.45, 2.75) is 38.4 Å². The van der Waals surface area contributed by atoms with E-state index in [1.165, 1.54) is 12.0 Å². The van der Waals surface area contributed by atoms with Crippen molar-refractivity contribution >= 4 is 0 Å². The second-order valence-corrected chi connectivity index (χ2v) is 5.33. The van der Waals surface area contributed by atoms with Crippen LogP contribution in [0.4, 0.5) is 0 Å². The molecule has 100 valence electrons. The minimum Gasteiger partial charge on any atom is -0.351 e. The van der Waals surface area contributed by atoms with Crippen LogP contribution in [0.5, 0.6) is 0 Å². The summed E-state index contributed by atoms with van der Waals surface area (Å²) in [5.74, 6) is 0.711. The monoisotopic (exact) mass is 249 g/mol. The third kappa shape index (κ3) is 3.55. The Balaban J connectivity index is 1.71. The molecule has 1 aromatic carbocycles. The van der Waals surface area contributed by atoms with Crippen LogP contribution < -0.4 is 5.73 Å². The molecule has 0 amide bonds. The molecule has 0 saturated heterocycles. The van der Waals surface area contributed by atoms with E-state index in [9.17, 15) is 0 Å². The number of benzene rings is 1. The molecule has 2 unspecified atom stereocenters. The highest BCUT2D eigenvalue weighted by molar-refractivity contribution is 5.13. The zero-order valence-electron chi connectivity index (χ0n) is 11.1. The zero-order valence-corrected chi connectivity index (χ0v) is 11.1. The van der Waals surface area contributed by atoms with Gasteiger partial charge in [0.2, 0.25) is 0 Å². The Kier molecular flexibility index (Phi) is 4.75. The fourth-order valence-electron chi connectivity index (χ4n) is 2.62. The molecule has 0 bridgehead atoms. The summed E-state index contributed by atoms with van der Waals surface area (Å²) in [5.41, 5.74) is 6.87. The molecule has 1 aliphatic rings. The van der Waals surface area contributed by atoms with E-state index in [0.717, 1.165) is 12.8 Å². The molecule has 1 aromatic rings. The van der Waals surface area contributed by atoms with Gasteiger partial charge < -0.3 is 15.2 Å². The molecule has 0 aliphatic heterocycles. The van der Waals surface area contributed by atoms with E-state index in [2.05, 4.69) is 19.1 Å². The van der Waals surface area contributed by atoms with Gasteiger partial charge in [-0.25, -0.2) is 0 Å². The molecular formula is C15H23NO2. The van der Waals surface area contributed by atoms with Gasteiger partial charge in [-0.05, 0) is 30.7 Å². The topological polar surface area (TPSA) is 44.5 Å². The summed E-state index contributed by atoms with van der Waals surface area (Å²) in [6, 6.07) is 10.1. The molecular weight excluding hydrogens is 226 g/mol. The van der Waals surface area contributed by atoms with Gasteiger partial charge in [0, 0.05) is 6.54 Å². The molecule has 0 heterocycles. The first-order valence-corrected chi connectivity index (χ1v) is 6.70. The first-order chi connectivity index (χ1) is 8.74. The number of ether oxygens (including phenoxy) is 2. The Morgan fingerprint density at radius 1 is 1.33 bits per heavy atom. The Hall–Kier alpha value is -0.900. The second kappa shape index (κ2) is 6.32. The average Bonchev–Trinajstić information content (AvgIpc) is 2.78. The van der Waals surface area contributed by atoms with E-state index in [1.54, 1.807) is 0 Å². The quantitative estimate of drug-likeness (QED) is 0.622. The van der Waals surface area contributed by atoms with Crippen molar-refractivity contribution in [1.29, 1.82) is 0 Å². The highest BCUT2D eigenvalue weighted by Crippen LogP contribution is 2.36. The standard InChI is InChI=1S/C15H23NO2/c1-13-7-8-15(9-13,11-16)18-12-17-10-14-5-3-2-4-6-14/h2-6,13H,7-12,16H2,1H3. The molecule has 1 fully saturated rings. The van der Waals surface area contributed by atoms with Crippen molar-refractivity contribution in [2.24, 2.45) is 11.7 Å². The lowest BCUT2D eigenvalue weighted by Gasteiger charge is -2.27. The largest absolute Gasteiger partial charge is 0.351 e. The van der Waals surface area contributed by atoms with E-state index >= 15 is 0 Å². The highest BCUT2D eigenvalue weighted by Gasteiger charge is 2.37. The van der Waals surface area contributed by atoms with Gasteiger partial charge in [-0.15, -0.1) is 0 Å². The van der Waals surface area contributed by atoms with Crippen LogP contribution >= 0.6 is 0 Å². The fourth-order valence-corrected chi connectivity index (χ4v) is 2.62. The number of rotatable bonds is 6. The average molecular weight is 249 g/mol. The Labute approximate surface area is 109 Å². The maximum absolute atomic E-state index is 5.88.